The second kappa shape index (κ2) is 6.55. The highest BCUT2D eigenvalue weighted by Crippen LogP contribution is 2.32. The summed E-state index contributed by atoms with van der Waals surface area (Å²) >= 11 is 9.04. The van der Waals surface area contributed by atoms with Crippen molar-refractivity contribution in [2.24, 2.45) is 0 Å². The molecule has 5 N–H and O–H groups in total. The first kappa shape index (κ1) is 14.7. The van der Waals surface area contributed by atoms with E-state index in [1.54, 1.807) is 7.05 Å². The summed E-state index contributed by atoms with van der Waals surface area (Å²) in [4.78, 5) is 0. The van der Waals surface area contributed by atoms with Crippen LogP contribution in [0.1, 0.15) is 0 Å². The summed E-state index contributed by atoms with van der Waals surface area (Å²) in [5.41, 5.74) is 0.742. The molecule has 0 atom stereocenters. The number of hydrogen-bond acceptors (Lipinski definition) is 2. The number of rotatable bonds is 1. The topological polar surface area (TPSA) is 83.8 Å². The second-order valence-corrected chi connectivity index (χ2v) is 5.95. The first-order valence-corrected chi connectivity index (χ1v) is 7.14. The summed E-state index contributed by atoms with van der Waals surface area (Å²) in [5, 5.41) is 23.0. The van der Waals surface area contributed by atoms with Gasteiger partial charge in [0.25, 0.3) is 0 Å². The van der Waals surface area contributed by atoms with Crippen LogP contribution in [-0.4, -0.2) is 19.0 Å². The van der Waals surface area contributed by atoms with Crippen LogP contribution in [-0.2, 0) is 0 Å². The van der Waals surface area contributed by atoms with Crippen LogP contribution in [0.2, 0.25) is 0 Å². The molecule has 0 amide bonds. The molecule has 0 unspecified atom stereocenters. The van der Waals surface area contributed by atoms with Crippen molar-refractivity contribution in [3.8, 4) is 0 Å². The Kier molecular flexibility index (Phi) is 5.67. The molecule has 0 aliphatic carbocycles. The summed E-state index contributed by atoms with van der Waals surface area (Å²) in [5.74, 6) is 0.0761. The van der Waals surface area contributed by atoms with Gasteiger partial charge in [-0.15, -0.1) is 0 Å². The number of halogens is 3. The van der Waals surface area contributed by atoms with Crippen LogP contribution in [0.5, 0.6) is 0 Å². The summed E-state index contributed by atoms with van der Waals surface area (Å²) in [6.45, 7) is 0. The lowest BCUT2D eigenvalue weighted by Crippen LogP contribution is -2.41. The summed E-state index contributed by atoms with van der Waals surface area (Å²) in [7, 11) is 1.61. The highest BCUT2D eigenvalue weighted by atomic mass is 127. The smallest absolute Gasteiger partial charge is 0.199 e. The van der Waals surface area contributed by atoms with Gasteiger partial charge in [-0.2, -0.15) is 0 Å². The maximum absolute atomic E-state index is 7.66. The molecule has 0 saturated carbocycles. The zero-order chi connectivity index (χ0) is 13.0. The van der Waals surface area contributed by atoms with E-state index in [0.29, 0.717) is 0 Å². The number of hydrogen-bond donors (Lipinski definition) is 5. The highest BCUT2D eigenvalue weighted by molar-refractivity contribution is 14.1. The predicted molar refractivity (Wildman–Crippen MR) is 85.8 cm³/mol. The van der Waals surface area contributed by atoms with Crippen molar-refractivity contribution in [1.29, 1.82) is 10.8 Å². The third kappa shape index (κ3) is 4.43. The maximum Gasteiger partial charge on any atom is 0.199 e. The molecule has 17 heavy (non-hydrogen) atoms. The van der Waals surface area contributed by atoms with Crippen LogP contribution in [0.3, 0.4) is 0 Å². The molecule has 5 nitrogen and oxygen atoms in total. The van der Waals surface area contributed by atoms with Crippen molar-refractivity contribution in [3.05, 3.63) is 24.6 Å². The first-order valence-electron chi connectivity index (χ1n) is 4.47. The van der Waals surface area contributed by atoms with E-state index in [4.69, 9.17) is 10.8 Å². The number of nitrogens with one attached hydrogen (secondary N) is 5. The quantitative estimate of drug-likeness (QED) is 0.246. The molecule has 0 aromatic heterocycles. The van der Waals surface area contributed by atoms with E-state index in [2.05, 4.69) is 70.4 Å². The van der Waals surface area contributed by atoms with Gasteiger partial charge in [-0.3, -0.25) is 16.1 Å². The molecule has 0 bridgehead atoms. The fourth-order valence-corrected chi connectivity index (χ4v) is 3.87. The van der Waals surface area contributed by atoms with Crippen molar-refractivity contribution in [2.75, 3.05) is 12.4 Å². The molecule has 0 heterocycles. The van der Waals surface area contributed by atoms with Gasteiger partial charge in [-0.1, -0.05) is 0 Å². The normalized spacial score (nSPS) is 9.65. The summed E-state index contributed by atoms with van der Waals surface area (Å²) in [6.07, 6.45) is 0. The van der Waals surface area contributed by atoms with Gasteiger partial charge in [0.15, 0.2) is 11.9 Å². The average molecular weight is 475 g/mol. The predicted octanol–water partition coefficient (Wildman–Crippen LogP) is 2.91. The van der Waals surface area contributed by atoms with Gasteiger partial charge < -0.3 is 10.6 Å². The lowest BCUT2D eigenvalue weighted by atomic mass is 10.3. The van der Waals surface area contributed by atoms with Gasteiger partial charge in [-0.25, -0.2) is 0 Å². The van der Waals surface area contributed by atoms with Crippen LogP contribution in [0.15, 0.2) is 21.1 Å². The van der Waals surface area contributed by atoms with Crippen molar-refractivity contribution in [2.45, 2.75) is 0 Å². The van der Waals surface area contributed by atoms with Crippen LogP contribution in [0.4, 0.5) is 5.69 Å². The summed E-state index contributed by atoms with van der Waals surface area (Å²) < 4.78 is 2.77. The maximum atomic E-state index is 7.66. The number of anilines is 1. The molecule has 0 aliphatic rings. The molecule has 0 radical (unpaired) electrons. The largest absolute Gasteiger partial charge is 0.359 e. The number of guanidine groups is 2. The Morgan fingerprint density at radius 1 is 1.18 bits per heavy atom. The molecule has 0 fully saturated rings. The van der Waals surface area contributed by atoms with E-state index >= 15 is 0 Å². The van der Waals surface area contributed by atoms with E-state index in [1.165, 1.54) is 0 Å². The zero-order valence-corrected chi connectivity index (χ0v) is 14.1. The molecule has 0 spiro atoms. The average Bonchev–Trinajstić information content (AvgIpc) is 2.23. The Morgan fingerprint density at radius 3 is 2.18 bits per heavy atom. The van der Waals surface area contributed by atoms with Gasteiger partial charge in [-0.05, 0) is 66.6 Å². The monoisotopic (exact) mass is 473 g/mol. The minimum absolute atomic E-state index is 0.0203. The third-order valence-electron chi connectivity index (χ3n) is 1.76. The Balaban J connectivity index is 2.82. The van der Waals surface area contributed by atoms with Gasteiger partial charge in [0.1, 0.15) is 0 Å². The number of benzene rings is 1. The summed E-state index contributed by atoms with van der Waals surface area (Å²) in [6, 6.07) is 3.87. The van der Waals surface area contributed by atoms with Crippen molar-refractivity contribution in [1.82, 2.24) is 10.6 Å². The third-order valence-corrected chi connectivity index (χ3v) is 3.63. The second-order valence-electron chi connectivity index (χ2n) is 2.99. The van der Waals surface area contributed by atoms with Crippen LogP contribution in [0, 0.1) is 14.4 Å². The van der Waals surface area contributed by atoms with Gasteiger partial charge >= 0.3 is 0 Å². The molecule has 0 aliphatic heterocycles. The fraction of sp³-hybridized carbons (Fsp3) is 0.111. The van der Waals surface area contributed by atoms with Gasteiger partial charge in [0, 0.05) is 19.6 Å². The first-order chi connectivity index (χ1) is 7.93. The highest BCUT2D eigenvalue weighted by Gasteiger charge is 2.08. The standard InChI is InChI=1S/C9H10Br2IN5/c1-15-8(13)17-9(14)16-7-5(10)2-4(12)3-6(7)11/h2-3H,1H3,(H5,13,14,15,16,17). The molecule has 1 aromatic carbocycles. The van der Waals surface area contributed by atoms with Crippen LogP contribution in [0.25, 0.3) is 0 Å². The molecule has 92 valence electrons. The van der Waals surface area contributed by atoms with Crippen molar-refractivity contribution < 1.29 is 0 Å². The minimum Gasteiger partial charge on any atom is -0.359 e. The van der Waals surface area contributed by atoms with Crippen LogP contribution < -0.4 is 16.0 Å². The van der Waals surface area contributed by atoms with E-state index in [1.807, 2.05) is 12.1 Å². The Bertz CT molecular complexity index is 440. The molecule has 1 rings (SSSR count). The van der Waals surface area contributed by atoms with E-state index in [-0.39, 0.29) is 11.9 Å². The van der Waals surface area contributed by atoms with Crippen LogP contribution >= 0.6 is 54.5 Å². The van der Waals surface area contributed by atoms with E-state index < -0.39 is 0 Å². The van der Waals surface area contributed by atoms with E-state index in [9.17, 15) is 0 Å². The molecular formula is C9H10Br2IN5. The zero-order valence-electron chi connectivity index (χ0n) is 8.79. The van der Waals surface area contributed by atoms with E-state index in [0.717, 1.165) is 18.2 Å². The minimum atomic E-state index is 0.0203. The van der Waals surface area contributed by atoms with Crippen molar-refractivity contribution in [3.63, 3.8) is 0 Å². The SMILES string of the molecule is CNC(=N)NC(=N)Nc1c(Br)cc(I)cc1Br. The van der Waals surface area contributed by atoms with Gasteiger partial charge in [0.05, 0.1) is 5.69 Å². The Hall–Kier alpha value is -0.350. The Labute approximate surface area is 130 Å². The molecule has 0 saturated heterocycles. The fourth-order valence-electron chi connectivity index (χ4n) is 1.01. The van der Waals surface area contributed by atoms with Gasteiger partial charge in [0.2, 0.25) is 0 Å². The lowest BCUT2D eigenvalue weighted by Gasteiger charge is -2.13. The molecule has 8 heteroatoms. The Morgan fingerprint density at radius 2 is 1.71 bits per heavy atom. The molecular weight excluding hydrogens is 465 g/mol. The van der Waals surface area contributed by atoms with Crippen molar-refractivity contribution >= 4 is 72.1 Å². The lowest BCUT2D eigenvalue weighted by molar-refractivity contribution is 1.05. The molecule has 1 aromatic rings.